The molecule has 3 saturated heterocycles. The molecule has 87 heavy (non-hydrogen) atoms. The zero-order valence-corrected chi connectivity index (χ0v) is 50.2. The van der Waals surface area contributed by atoms with E-state index < -0.39 is 117 Å². The Kier molecular flexibility index (Phi) is 46.1. The minimum Gasteiger partial charge on any atom is -0.394 e. The van der Waals surface area contributed by atoms with Gasteiger partial charge in [-0.25, -0.2) is 0 Å². The zero-order valence-electron chi connectivity index (χ0n) is 50.2. The normalized spacial score (nSPS) is 28.7. The van der Waals surface area contributed by atoms with E-state index in [1.54, 1.807) is 0 Å². The quantitative estimate of drug-likeness (QED) is 0.0199. The Morgan fingerprint density at radius 1 is 0.299 bits per heavy atom. The second kappa shape index (κ2) is 50.2. The minimum absolute atomic E-state index is 0.0281. The van der Waals surface area contributed by atoms with Gasteiger partial charge in [0.05, 0.1) is 204 Å². The molecule has 13 N–H and O–H groups in total. The summed E-state index contributed by atoms with van der Waals surface area (Å²) in [6.07, 6.45) is -20.3. The molecule has 0 amide bonds. The summed E-state index contributed by atoms with van der Waals surface area (Å²) in [5, 5.41) is 121. The summed E-state index contributed by atoms with van der Waals surface area (Å²) < 4.78 is 117. The summed E-state index contributed by atoms with van der Waals surface area (Å²) in [4.78, 5) is 0. The highest BCUT2D eigenvalue weighted by atomic mass is 16.7. The second-order valence-corrected chi connectivity index (χ2v) is 20.4. The van der Waals surface area contributed by atoms with Crippen LogP contribution >= 0.6 is 0 Å². The fourth-order valence-electron chi connectivity index (χ4n) is 8.03. The smallest absolute Gasteiger partial charge is 0.186 e. The minimum atomic E-state index is -1.52. The lowest BCUT2D eigenvalue weighted by Gasteiger charge is -2.39. The molecule has 3 heterocycles. The Balaban J connectivity index is 1.27. The van der Waals surface area contributed by atoms with E-state index in [0.29, 0.717) is 46.2 Å². The highest BCUT2D eigenvalue weighted by molar-refractivity contribution is 4.91. The van der Waals surface area contributed by atoms with E-state index in [-0.39, 0.29) is 165 Å². The average molecular weight is 1280 g/mol. The van der Waals surface area contributed by atoms with Crippen LogP contribution in [0.15, 0.2) is 0 Å². The lowest BCUT2D eigenvalue weighted by Crippen LogP contribution is -2.59. The number of rotatable bonds is 57. The van der Waals surface area contributed by atoms with Gasteiger partial charge in [0, 0.05) is 0 Å². The number of aliphatic hydroxyl groups excluding tert-OH is 12. The van der Waals surface area contributed by atoms with E-state index in [0.717, 1.165) is 0 Å². The topological polar surface area (TPSA) is 449 Å². The maximum Gasteiger partial charge on any atom is 0.186 e. The van der Waals surface area contributed by atoms with Crippen LogP contribution in [-0.2, 0) is 99.5 Å². The Morgan fingerprint density at radius 3 is 0.736 bits per heavy atom. The first-order chi connectivity index (χ1) is 42.2. The van der Waals surface area contributed by atoms with Gasteiger partial charge in [-0.15, -0.1) is 0 Å². The van der Waals surface area contributed by atoms with E-state index in [4.69, 9.17) is 99.5 Å². The van der Waals surface area contributed by atoms with Gasteiger partial charge in [-0.3, -0.25) is 0 Å². The van der Waals surface area contributed by atoms with Crippen LogP contribution in [0.25, 0.3) is 0 Å². The molecule has 3 rings (SSSR count). The number of hydrogen-bond acceptors (Lipinski definition) is 34. The van der Waals surface area contributed by atoms with Gasteiger partial charge in [0.1, 0.15) is 93.6 Å². The van der Waals surface area contributed by atoms with Crippen molar-refractivity contribution in [2.75, 3.05) is 225 Å². The van der Waals surface area contributed by atoms with Crippen molar-refractivity contribution in [1.29, 1.82) is 0 Å². The van der Waals surface area contributed by atoms with E-state index in [1.165, 1.54) is 0 Å². The molecular weight excluding hydrogens is 1180 g/mol. The van der Waals surface area contributed by atoms with Crippen LogP contribution in [0.2, 0.25) is 0 Å². The van der Waals surface area contributed by atoms with Gasteiger partial charge in [0.2, 0.25) is 0 Å². The van der Waals surface area contributed by atoms with Crippen LogP contribution in [-0.4, -0.2) is 384 Å². The maximum absolute atomic E-state index is 10.1. The van der Waals surface area contributed by atoms with Crippen molar-refractivity contribution in [2.45, 2.75) is 112 Å². The predicted octanol–water partition coefficient (Wildman–Crippen LogP) is -7.46. The molecule has 34 heteroatoms. The van der Waals surface area contributed by atoms with Crippen molar-refractivity contribution in [3.8, 4) is 0 Å². The van der Waals surface area contributed by atoms with Crippen LogP contribution in [0.4, 0.5) is 0 Å². The van der Waals surface area contributed by atoms with E-state index in [1.807, 2.05) is 0 Å². The molecule has 3 aliphatic heterocycles. The molecule has 0 aromatic rings. The van der Waals surface area contributed by atoms with E-state index in [9.17, 15) is 61.3 Å². The Hall–Kier alpha value is -1.36. The third kappa shape index (κ3) is 33.9. The zero-order chi connectivity index (χ0) is 63.3. The molecule has 0 saturated carbocycles. The van der Waals surface area contributed by atoms with E-state index in [2.05, 4.69) is 19.2 Å². The molecule has 6 unspecified atom stereocenters. The highest BCUT2D eigenvalue weighted by Gasteiger charge is 2.46. The monoisotopic (exact) mass is 1280 g/mol. The fraction of sp³-hybridized carbons (Fsp3) is 1.00. The van der Waals surface area contributed by atoms with Crippen molar-refractivity contribution < 1.29 is 161 Å². The van der Waals surface area contributed by atoms with Gasteiger partial charge in [-0.2, -0.15) is 0 Å². The van der Waals surface area contributed by atoms with Crippen molar-refractivity contribution in [2.24, 2.45) is 5.92 Å². The molecule has 34 nitrogen and oxygen atoms in total. The van der Waals surface area contributed by atoms with Gasteiger partial charge >= 0.3 is 0 Å². The maximum atomic E-state index is 10.1. The average Bonchev–Trinajstić information content (AvgIpc) is 3.55. The summed E-state index contributed by atoms with van der Waals surface area (Å²) in [6.45, 7) is 8.88. The molecule has 0 aromatic heterocycles. The third-order valence-electron chi connectivity index (χ3n) is 12.9. The predicted molar refractivity (Wildman–Crippen MR) is 292 cm³/mol. The largest absolute Gasteiger partial charge is 0.394 e. The molecule has 518 valence electrons. The van der Waals surface area contributed by atoms with Crippen molar-refractivity contribution in [1.82, 2.24) is 5.32 Å². The van der Waals surface area contributed by atoms with Crippen LogP contribution in [0.1, 0.15) is 13.8 Å². The van der Waals surface area contributed by atoms with E-state index >= 15 is 0 Å². The molecule has 3 aliphatic rings. The summed E-state index contributed by atoms with van der Waals surface area (Å²) in [5.41, 5.74) is -0.848. The number of nitrogens with one attached hydrogen (secondary N) is 1. The molecule has 0 aromatic carbocycles. The van der Waals surface area contributed by atoms with Crippen molar-refractivity contribution in [3.05, 3.63) is 0 Å². The Labute approximate surface area is 507 Å². The molecule has 3 fully saturated rings. The summed E-state index contributed by atoms with van der Waals surface area (Å²) in [7, 11) is 0. The van der Waals surface area contributed by atoms with Crippen molar-refractivity contribution >= 4 is 0 Å². The lowest BCUT2D eigenvalue weighted by atomic mass is 9.99. The molecule has 0 radical (unpaired) electrons. The Morgan fingerprint density at radius 2 is 0.517 bits per heavy atom. The number of aliphatic hydroxyl groups is 12. The van der Waals surface area contributed by atoms with Gasteiger partial charge in [-0.1, -0.05) is 13.8 Å². The number of hydrogen-bond donors (Lipinski definition) is 13. The van der Waals surface area contributed by atoms with Crippen LogP contribution in [0.5, 0.6) is 0 Å². The first-order valence-corrected chi connectivity index (χ1v) is 29.4. The summed E-state index contributed by atoms with van der Waals surface area (Å²) in [5.74, 6) is 0.261. The molecule has 0 spiro atoms. The number of ether oxygens (including phenoxy) is 21. The van der Waals surface area contributed by atoms with Gasteiger partial charge in [0.25, 0.3) is 0 Å². The first kappa shape index (κ1) is 79.9. The van der Waals surface area contributed by atoms with Gasteiger partial charge in [-0.05, 0) is 12.5 Å². The molecular formula is C53H103NO33. The SMILES string of the molecule is CC(C)CNC(COCOCCOCCOCCOCCO[C@@H]1OC(CO)[C@H](O)[C@H](O)C1O)(COCOCCOCCOCCOCCO[C@@H]1OC(CO)[C@H](O)[C@H](O)C1O)COCOCCOCCOCCOCCO[C@@H]1OC(CO)[C@H](O)[C@H](O)C1O. The van der Waals surface area contributed by atoms with Crippen LogP contribution < -0.4 is 5.32 Å². The van der Waals surface area contributed by atoms with Crippen LogP contribution in [0.3, 0.4) is 0 Å². The standard InChI is InChI=1S/C53H103NO33/c1-37(2)27-54-53(31-79-34-76-18-15-70-6-3-67-9-12-73-21-24-82-50-47(64)44(61)41(58)38(28-55)85-50,32-80-35-77-19-16-71-7-4-68-10-13-74-22-25-83-51-48(65)45(62)42(59)39(29-56)86-51)33-81-36-78-20-17-72-8-5-69-11-14-75-23-26-84-52-49(66)46(63)43(60)40(30-57)87-52/h37-52,54-66H,3-36H2,1-2H3/t38?,39?,40?,41-,42-,43-,44-,45-,46-,47?,48?,49?,50+,51+,52+,53?/m0/s1. The molecule has 0 bridgehead atoms. The third-order valence-corrected chi connectivity index (χ3v) is 12.9. The second-order valence-electron chi connectivity index (χ2n) is 20.4. The highest BCUT2D eigenvalue weighted by Crippen LogP contribution is 2.24. The van der Waals surface area contributed by atoms with Crippen LogP contribution in [0, 0.1) is 5.92 Å². The summed E-state index contributed by atoms with van der Waals surface area (Å²) >= 11 is 0. The Bertz CT molecular complexity index is 1410. The van der Waals surface area contributed by atoms with Crippen molar-refractivity contribution in [3.63, 3.8) is 0 Å². The molecule has 0 aliphatic carbocycles. The fourth-order valence-corrected chi connectivity index (χ4v) is 8.03. The first-order valence-electron chi connectivity index (χ1n) is 29.4. The summed E-state index contributed by atoms with van der Waals surface area (Å²) in [6, 6.07) is 0. The van der Waals surface area contributed by atoms with Gasteiger partial charge in [0.15, 0.2) is 18.9 Å². The lowest BCUT2D eigenvalue weighted by molar-refractivity contribution is -0.302. The van der Waals surface area contributed by atoms with Gasteiger partial charge < -0.3 is 166 Å². The molecule has 15 atom stereocenters.